The number of ether oxygens (including phenoxy) is 1. The number of thiazole rings is 1. The molecule has 3 unspecified atom stereocenters. The molecule has 3 aliphatic rings. The van der Waals surface area contributed by atoms with Gasteiger partial charge in [0.1, 0.15) is 10.8 Å². The maximum atomic E-state index is 6.01. The molecule has 2 aliphatic heterocycles. The fourth-order valence-corrected chi connectivity index (χ4v) is 7.39. The van der Waals surface area contributed by atoms with Gasteiger partial charge in [-0.3, -0.25) is 4.90 Å². The smallest absolute Gasteiger partial charge is 0.123 e. The quantitative estimate of drug-likeness (QED) is 0.416. The van der Waals surface area contributed by atoms with Gasteiger partial charge in [-0.2, -0.15) is 0 Å². The molecule has 1 saturated carbocycles. The lowest BCUT2D eigenvalue weighted by molar-refractivity contribution is 0.127. The van der Waals surface area contributed by atoms with Crippen LogP contribution in [0, 0.1) is 11.8 Å². The summed E-state index contributed by atoms with van der Waals surface area (Å²) in [7, 11) is 0. The number of aromatic nitrogens is 1. The van der Waals surface area contributed by atoms with E-state index in [-0.39, 0.29) is 0 Å². The highest BCUT2D eigenvalue weighted by Gasteiger charge is 2.48. The Kier molecular flexibility index (Phi) is 7.10. The molecule has 5 rings (SSSR count). The molecule has 2 saturated heterocycles. The number of nitrogens with zero attached hydrogens (tertiary/aromatic N) is 3. The highest BCUT2D eigenvalue weighted by atomic mass is 32.1. The van der Waals surface area contributed by atoms with Crippen LogP contribution < -0.4 is 4.74 Å². The van der Waals surface area contributed by atoms with E-state index in [1.807, 2.05) is 0 Å². The van der Waals surface area contributed by atoms with E-state index in [2.05, 4.69) is 60.2 Å². The summed E-state index contributed by atoms with van der Waals surface area (Å²) in [5, 5.41) is 3.40. The Labute approximate surface area is 204 Å². The minimum Gasteiger partial charge on any atom is -0.494 e. The van der Waals surface area contributed by atoms with E-state index < -0.39 is 0 Å². The monoisotopic (exact) mass is 467 g/mol. The van der Waals surface area contributed by atoms with E-state index in [4.69, 9.17) is 9.72 Å². The number of hydrogen-bond acceptors (Lipinski definition) is 5. The third kappa shape index (κ3) is 5.16. The van der Waals surface area contributed by atoms with E-state index in [0.717, 1.165) is 54.8 Å². The highest BCUT2D eigenvalue weighted by molar-refractivity contribution is 7.13. The van der Waals surface area contributed by atoms with Gasteiger partial charge >= 0.3 is 0 Å². The summed E-state index contributed by atoms with van der Waals surface area (Å²) in [5.74, 6) is 2.66. The van der Waals surface area contributed by atoms with Crippen molar-refractivity contribution in [3.8, 4) is 16.3 Å². The number of likely N-dealkylation sites (tertiary alicyclic amines) is 2. The summed E-state index contributed by atoms with van der Waals surface area (Å²) in [6, 6.07) is 9.28. The van der Waals surface area contributed by atoms with Crippen LogP contribution in [0.25, 0.3) is 10.6 Å². The lowest BCUT2D eigenvalue weighted by Gasteiger charge is -2.35. The molecule has 0 N–H and O–H groups in total. The molecular weight excluding hydrogens is 426 g/mol. The van der Waals surface area contributed by atoms with Crippen molar-refractivity contribution in [3.05, 3.63) is 35.3 Å². The molecule has 4 nitrogen and oxygen atoms in total. The SMILES string of the molecule is CC1CC2(CCCN2Cc2csc(-c3ccc(OCCCN4CCCC4C)cc3)n2)CC1C. The van der Waals surface area contributed by atoms with Crippen molar-refractivity contribution in [3.63, 3.8) is 0 Å². The first-order chi connectivity index (χ1) is 16.0. The van der Waals surface area contributed by atoms with Gasteiger partial charge in [0.05, 0.1) is 12.3 Å². The summed E-state index contributed by atoms with van der Waals surface area (Å²) < 4.78 is 6.01. The van der Waals surface area contributed by atoms with Crippen LogP contribution in [-0.2, 0) is 6.54 Å². The summed E-state index contributed by atoms with van der Waals surface area (Å²) in [6.45, 7) is 12.7. The number of hydrogen-bond donors (Lipinski definition) is 0. The Bertz CT molecular complexity index is 900. The Hall–Kier alpha value is -1.43. The maximum absolute atomic E-state index is 6.01. The molecule has 5 heteroatoms. The summed E-state index contributed by atoms with van der Waals surface area (Å²) in [4.78, 5) is 10.4. The van der Waals surface area contributed by atoms with Crippen LogP contribution in [0.1, 0.15) is 71.4 Å². The molecule has 0 radical (unpaired) electrons. The molecule has 1 aromatic carbocycles. The van der Waals surface area contributed by atoms with Crippen LogP contribution in [0.3, 0.4) is 0 Å². The lowest BCUT2D eigenvalue weighted by atomic mass is 9.92. The first-order valence-corrected chi connectivity index (χ1v) is 14.1. The number of benzene rings is 1. The molecule has 0 bridgehead atoms. The van der Waals surface area contributed by atoms with E-state index in [1.165, 1.54) is 62.9 Å². The second-order valence-corrected chi connectivity index (χ2v) is 11.9. The average molecular weight is 468 g/mol. The van der Waals surface area contributed by atoms with Crippen LogP contribution in [0.5, 0.6) is 5.75 Å². The van der Waals surface area contributed by atoms with Crippen molar-refractivity contribution < 1.29 is 4.74 Å². The molecular formula is C28H41N3OS. The fraction of sp³-hybridized carbons (Fsp3) is 0.679. The van der Waals surface area contributed by atoms with Crippen molar-refractivity contribution in [2.24, 2.45) is 11.8 Å². The molecule has 1 aromatic heterocycles. The molecule has 3 atom stereocenters. The van der Waals surface area contributed by atoms with E-state index in [1.54, 1.807) is 11.3 Å². The number of rotatable bonds is 8. The van der Waals surface area contributed by atoms with Crippen molar-refractivity contribution in [1.82, 2.24) is 14.8 Å². The first-order valence-electron chi connectivity index (χ1n) is 13.2. The first kappa shape index (κ1) is 23.3. The largest absolute Gasteiger partial charge is 0.494 e. The highest BCUT2D eigenvalue weighted by Crippen LogP contribution is 2.49. The molecule has 3 fully saturated rings. The zero-order valence-corrected chi connectivity index (χ0v) is 21.6. The minimum atomic E-state index is 0.439. The van der Waals surface area contributed by atoms with Gasteiger partial charge < -0.3 is 9.64 Å². The maximum Gasteiger partial charge on any atom is 0.123 e. The Balaban J connectivity index is 1.13. The van der Waals surface area contributed by atoms with Gasteiger partial charge in [-0.25, -0.2) is 4.98 Å². The Morgan fingerprint density at radius 3 is 2.58 bits per heavy atom. The van der Waals surface area contributed by atoms with Gasteiger partial charge in [0.15, 0.2) is 0 Å². The van der Waals surface area contributed by atoms with Crippen molar-refractivity contribution in [2.45, 2.75) is 83.8 Å². The predicted molar refractivity (Wildman–Crippen MR) is 138 cm³/mol. The predicted octanol–water partition coefficient (Wildman–Crippen LogP) is 6.46. The molecule has 180 valence electrons. The average Bonchev–Trinajstić information content (AvgIpc) is 3.58. The zero-order valence-electron chi connectivity index (χ0n) is 20.8. The topological polar surface area (TPSA) is 28.6 Å². The lowest BCUT2D eigenvalue weighted by Crippen LogP contribution is -2.41. The fourth-order valence-electron chi connectivity index (χ4n) is 6.57. The van der Waals surface area contributed by atoms with E-state index in [0.29, 0.717) is 5.54 Å². The second kappa shape index (κ2) is 10.1. The molecule has 2 aromatic rings. The third-order valence-electron chi connectivity index (χ3n) is 8.67. The van der Waals surface area contributed by atoms with E-state index >= 15 is 0 Å². The third-order valence-corrected chi connectivity index (χ3v) is 9.61. The summed E-state index contributed by atoms with van der Waals surface area (Å²) >= 11 is 1.78. The van der Waals surface area contributed by atoms with Crippen LogP contribution in [0.2, 0.25) is 0 Å². The second-order valence-electron chi connectivity index (χ2n) is 11.0. The summed E-state index contributed by atoms with van der Waals surface area (Å²) in [6.07, 6.45) is 9.23. The Morgan fingerprint density at radius 2 is 1.85 bits per heavy atom. The van der Waals surface area contributed by atoms with Gasteiger partial charge in [-0.05, 0) is 101 Å². The molecule has 33 heavy (non-hydrogen) atoms. The van der Waals surface area contributed by atoms with Gasteiger partial charge in [-0.1, -0.05) is 13.8 Å². The Morgan fingerprint density at radius 1 is 1.06 bits per heavy atom. The van der Waals surface area contributed by atoms with Crippen molar-refractivity contribution >= 4 is 11.3 Å². The molecule has 0 amide bonds. The molecule has 1 spiro atoms. The standard InChI is InChI=1S/C28H41N3OS/c1-21-17-28(18-22(21)2)12-5-15-31(28)19-25-20-33-27(29-25)24-8-10-26(11-9-24)32-16-6-14-30-13-4-7-23(30)3/h8-11,20-23H,4-7,12-19H2,1-3H3. The van der Waals surface area contributed by atoms with Crippen molar-refractivity contribution in [2.75, 3.05) is 26.2 Å². The van der Waals surface area contributed by atoms with Crippen molar-refractivity contribution in [1.29, 1.82) is 0 Å². The molecule has 1 aliphatic carbocycles. The molecule has 3 heterocycles. The van der Waals surface area contributed by atoms with Crippen LogP contribution in [0.4, 0.5) is 0 Å². The van der Waals surface area contributed by atoms with Gasteiger partial charge in [0.25, 0.3) is 0 Å². The minimum absolute atomic E-state index is 0.439. The van der Waals surface area contributed by atoms with Crippen LogP contribution in [0.15, 0.2) is 29.6 Å². The van der Waals surface area contributed by atoms with Gasteiger partial charge in [-0.15, -0.1) is 11.3 Å². The van der Waals surface area contributed by atoms with Crippen LogP contribution >= 0.6 is 11.3 Å². The summed E-state index contributed by atoms with van der Waals surface area (Å²) in [5.41, 5.74) is 2.87. The normalized spacial score (nSPS) is 30.6. The van der Waals surface area contributed by atoms with Gasteiger partial charge in [0, 0.05) is 35.6 Å². The zero-order chi connectivity index (χ0) is 22.8. The van der Waals surface area contributed by atoms with Gasteiger partial charge in [0.2, 0.25) is 0 Å². The van der Waals surface area contributed by atoms with E-state index in [9.17, 15) is 0 Å². The van der Waals surface area contributed by atoms with Crippen LogP contribution in [-0.4, -0.2) is 52.6 Å².